The van der Waals surface area contributed by atoms with Gasteiger partial charge in [0.05, 0.1) is 16.6 Å². The number of pyridine rings is 1. The molecule has 0 bridgehead atoms. The first kappa shape index (κ1) is 17.3. The minimum absolute atomic E-state index is 0.542. The van der Waals surface area contributed by atoms with Gasteiger partial charge in [0.1, 0.15) is 11.9 Å². The van der Waals surface area contributed by atoms with E-state index >= 15 is 0 Å². The summed E-state index contributed by atoms with van der Waals surface area (Å²) in [4.78, 5) is 15.4. The molecule has 0 atom stereocenters. The topological polar surface area (TPSA) is 90.4 Å². The number of imidazole rings is 1. The van der Waals surface area contributed by atoms with Crippen LogP contribution in [0.4, 0.5) is 11.5 Å². The van der Waals surface area contributed by atoms with Crippen LogP contribution in [0.25, 0.3) is 22.8 Å². The highest BCUT2D eigenvalue weighted by Gasteiger charge is 2.15. The number of nitriles is 1. The molecule has 2 heterocycles. The number of benzene rings is 2. The number of hydrogen-bond donors (Lipinski definition) is 2. The first-order valence-corrected chi connectivity index (χ1v) is 8.66. The largest absolute Gasteiger partial charge is 0.478 e. The SMILES string of the molecule is Cc1cc(Nc2cccc(C=CC(=O)O)c2)n2c(nc3ccccc32)c1C#N. The summed E-state index contributed by atoms with van der Waals surface area (Å²) >= 11 is 0. The minimum Gasteiger partial charge on any atom is -0.478 e. The zero-order valence-electron chi connectivity index (χ0n) is 15.0. The Morgan fingerprint density at radius 1 is 1.21 bits per heavy atom. The van der Waals surface area contributed by atoms with E-state index in [9.17, 15) is 10.1 Å². The molecule has 2 aromatic heterocycles. The van der Waals surface area contributed by atoms with Crippen LogP contribution in [0.1, 0.15) is 16.7 Å². The molecule has 0 radical (unpaired) electrons. The van der Waals surface area contributed by atoms with Crippen LogP contribution in [-0.2, 0) is 4.79 Å². The number of aromatic nitrogens is 2. The average molecular weight is 368 g/mol. The number of carbonyl (C=O) groups is 1. The zero-order valence-corrected chi connectivity index (χ0v) is 15.0. The van der Waals surface area contributed by atoms with Crippen molar-refractivity contribution in [3.63, 3.8) is 0 Å². The Kier molecular flexibility index (Phi) is 4.26. The smallest absolute Gasteiger partial charge is 0.328 e. The van der Waals surface area contributed by atoms with Crippen molar-refractivity contribution in [1.82, 2.24) is 9.38 Å². The fourth-order valence-electron chi connectivity index (χ4n) is 3.22. The number of fused-ring (bicyclic) bond motifs is 3. The molecular weight excluding hydrogens is 352 g/mol. The molecule has 28 heavy (non-hydrogen) atoms. The molecule has 0 saturated carbocycles. The maximum absolute atomic E-state index is 10.7. The maximum atomic E-state index is 10.7. The first-order valence-electron chi connectivity index (χ1n) is 8.66. The molecule has 0 aliphatic heterocycles. The van der Waals surface area contributed by atoms with Crippen molar-refractivity contribution in [1.29, 1.82) is 5.26 Å². The molecule has 0 aliphatic rings. The van der Waals surface area contributed by atoms with Gasteiger partial charge in [-0.25, -0.2) is 9.78 Å². The van der Waals surface area contributed by atoms with Crippen molar-refractivity contribution in [3.8, 4) is 6.07 Å². The molecule has 0 unspecified atom stereocenters. The van der Waals surface area contributed by atoms with Gasteiger partial charge in [0.2, 0.25) is 0 Å². The molecule has 6 heteroatoms. The van der Waals surface area contributed by atoms with E-state index in [0.29, 0.717) is 11.2 Å². The first-order chi connectivity index (χ1) is 13.6. The summed E-state index contributed by atoms with van der Waals surface area (Å²) in [6.07, 6.45) is 2.65. The quantitative estimate of drug-likeness (QED) is 0.517. The maximum Gasteiger partial charge on any atom is 0.328 e. The molecule has 136 valence electrons. The fraction of sp³-hybridized carbons (Fsp3) is 0.0455. The van der Waals surface area contributed by atoms with Crippen LogP contribution in [0.15, 0.2) is 60.7 Å². The van der Waals surface area contributed by atoms with Gasteiger partial charge in [-0.2, -0.15) is 5.26 Å². The van der Waals surface area contributed by atoms with E-state index in [1.165, 1.54) is 0 Å². The Hall–Kier alpha value is -4.11. The van der Waals surface area contributed by atoms with E-state index in [-0.39, 0.29) is 0 Å². The molecule has 0 saturated heterocycles. The van der Waals surface area contributed by atoms with Gasteiger partial charge >= 0.3 is 5.97 Å². The molecule has 4 aromatic rings. The summed E-state index contributed by atoms with van der Waals surface area (Å²) in [7, 11) is 0. The van der Waals surface area contributed by atoms with Crippen LogP contribution in [0.5, 0.6) is 0 Å². The Labute approximate surface area is 161 Å². The van der Waals surface area contributed by atoms with Gasteiger partial charge in [0, 0.05) is 11.8 Å². The van der Waals surface area contributed by atoms with Gasteiger partial charge in [0.15, 0.2) is 5.65 Å². The van der Waals surface area contributed by atoms with Gasteiger partial charge < -0.3 is 10.4 Å². The molecule has 0 aliphatic carbocycles. The Balaban J connectivity index is 1.87. The molecule has 0 spiro atoms. The lowest BCUT2D eigenvalue weighted by Crippen LogP contribution is -2.02. The van der Waals surface area contributed by atoms with Gasteiger partial charge in [-0.15, -0.1) is 0 Å². The van der Waals surface area contributed by atoms with E-state index in [1.807, 2.05) is 65.9 Å². The van der Waals surface area contributed by atoms with E-state index in [2.05, 4.69) is 16.4 Å². The highest BCUT2D eigenvalue weighted by atomic mass is 16.4. The molecular formula is C22H16N4O2. The Morgan fingerprint density at radius 2 is 2.04 bits per heavy atom. The number of para-hydroxylation sites is 2. The van der Waals surface area contributed by atoms with Gasteiger partial charge in [-0.3, -0.25) is 4.40 Å². The predicted molar refractivity (Wildman–Crippen MR) is 109 cm³/mol. The second kappa shape index (κ2) is 6.89. The van der Waals surface area contributed by atoms with Crippen molar-refractivity contribution < 1.29 is 9.90 Å². The third kappa shape index (κ3) is 3.06. The van der Waals surface area contributed by atoms with E-state index in [1.54, 1.807) is 6.08 Å². The number of aryl methyl sites for hydroxylation is 1. The molecule has 2 aromatic carbocycles. The number of nitrogens with zero attached hydrogens (tertiary/aromatic N) is 3. The predicted octanol–water partition coefficient (Wildman–Crippen LogP) is 4.51. The monoisotopic (exact) mass is 368 g/mol. The van der Waals surface area contributed by atoms with Gasteiger partial charge in [-0.05, 0) is 54.5 Å². The molecule has 4 rings (SSSR count). The lowest BCUT2D eigenvalue weighted by atomic mass is 10.1. The Morgan fingerprint density at radius 3 is 2.82 bits per heavy atom. The van der Waals surface area contributed by atoms with Crippen LogP contribution >= 0.6 is 0 Å². The summed E-state index contributed by atoms with van der Waals surface area (Å²) in [6.45, 7) is 1.88. The summed E-state index contributed by atoms with van der Waals surface area (Å²) in [5.74, 6) is -0.216. The van der Waals surface area contributed by atoms with Crippen LogP contribution in [0.2, 0.25) is 0 Å². The van der Waals surface area contributed by atoms with Crippen LogP contribution in [-0.4, -0.2) is 20.5 Å². The average Bonchev–Trinajstić information content (AvgIpc) is 3.06. The molecule has 2 N–H and O–H groups in total. The number of rotatable bonds is 4. The van der Waals surface area contributed by atoms with Crippen LogP contribution < -0.4 is 5.32 Å². The fourth-order valence-corrected chi connectivity index (χ4v) is 3.22. The van der Waals surface area contributed by atoms with Gasteiger partial charge in [0.25, 0.3) is 0 Å². The summed E-state index contributed by atoms with van der Waals surface area (Å²) in [5.41, 5.74) is 5.26. The second-order valence-corrected chi connectivity index (χ2v) is 6.38. The minimum atomic E-state index is -0.993. The van der Waals surface area contributed by atoms with Crippen LogP contribution in [0, 0.1) is 18.3 Å². The van der Waals surface area contributed by atoms with E-state index < -0.39 is 5.97 Å². The van der Waals surface area contributed by atoms with E-state index in [0.717, 1.165) is 39.7 Å². The zero-order chi connectivity index (χ0) is 19.7. The number of hydrogen-bond acceptors (Lipinski definition) is 4. The van der Waals surface area contributed by atoms with Crippen LogP contribution in [0.3, 0.4) is 0 Å². The number of anilines is 2. The molecule has 0 amide bonds. The highest BCUT2D eigenvalue weighted by molar-refractivity contribution is 5.87. The summed E-state index contributed by atoms with van der Waals surface area (Å²) in [6, 6.07) is 19.3. The number of carboxylic acid groups (broad SMARTS) is 1. The van der Waals surface area contributed by atoms with Crippen molar-refractivity contribution in [3.05, 3.63) is 77.4 Å². The lowest BCUT2D eigenvalue weighted by Gasteiger charge is -2.13. The summed E-state index contributed by atoms with van der Waals surface area (Å²) < 4.78 is 1.93. The molecule has 0 fully saturated rings. The highest BCUT2D eigenvalue weighted by Crippen LogP contribution is 2.28. The third-order valence-electron chi connectivity index (χ3n) is 4.46. The number of aliphatic carboxylic acids is 1. The van der Waals surface area contributed by atoms with Gasteiger partial charge in [-0.1, -0.05) is 24.3 Å². The Bertz CT molecular complexity index is 1300. The van der Waals surface area contributed by atoms with E-state index in [4.69, 9.17) is 5.11 Å². The van der Waals surface area contributed by atoms with Crippen molar-refractivity contribution in [2.45, 2.75) is 6.92 Å². The molecule has 6 nitrogen and oxygen atoms in total. The normalized spacial score (nSPS) is 11.1. The number of nitrogens with one attached hydrogen (secondary N) is 1. The van der Waals surface area contributed by atoms with Crippen molar-refractivity contribution in [2.24, 2.45) is 0 Å². The lowest BCUT2D eigenvalue weighted by molar-refractivity contribution is -0.131. The second-order valence-electron chi connectivity index (χ2n) is 6.38. The number of carboxylic acids is 1. The standard InChI is InChI=1S/C22H16N4O2/c1-14-11-20(24-16-6-4-5-15(12-16)9-10-21(27)28)26-19-8-3-2-7-18(19)25-22(26)17(14)13-23/h2-12,24H,1H3,(H,27,28). The van der Waals surface area contributed by atoms with Crippen molar-refractivity contribution >= 4 is 40.2 Å². The third-order valence-corrected chi connectivity index (χ3v) is 4.46. The summed E-state index contributed by atoms with van der Waals surface area (Å²) in [5, 5.41) is 21.8. The van der Waals surface area contributed by atoms with Crippen molar-refractivity contribution in [2.75, 3.05) is 5.32 Å².